The molecule has 0 saturated carbocycles. The lowest BCUT2D eigenvalue weighted by Crippen LogP contribution is -2.18. The van der Waals surface area contributed by atoms with Crippen LogP contribution in [0.25, 0.3) is 0 Å². The van der Waals surface area contributed by atoms with E-state index in [1.807, 2.05) is 11.4 Å². The maximum absolute atomic E-state index is 9.93. The Morgan fingerprint density at radius 3 is 2.76 bits per heavy atom. The zero-order valence-corrected chi connectivity index (χ0v) is 11.6. The Kier molecular flexibility index (Phi) is 4.96. The van der Waals surface area contributed by atoms with Gasteiger partial charge in [-0.15, -0.1) is 11.3 Å². The third-order valence-electron chi connectivity index (χ3n) is 2.60. The molecule has 1 aromatic heterocycles. The highest BCUT2D eigenvalue weighted by molar-refractivity contribution is 9.09. The predicted molar refractivity (Wildman–Crippen MR) is 68.3 cm³/mol. The van der Waals surface area contributed by atoms with E-state index in [0.29, 0.717) is 25.0 Å². The molecule has 17 heavy (non-hydrogen) atoms. The molecule has 2 N–H and O–H groups in total. The van der Waals surface area contributed by atoms with Gasteiger partial charge in [-0.2, -0.15) is 0 Å². The van der Waals surface area contributed by atoms with Crippen LogP contribution >= 0.6 is 27.3 Å². The number of rotatable bonds is 5. The first-order chi connectivity index (χ1) is 8.22. The molecule has 1 fully saturated rings. The lowest BCUT2D eigenvalue weighted by molar-refractivity contribution is -0.0415. The molecular formula is C11H15BrO4S. The fourth-order valence-corrected chi connectivity index (χ4v) is 3.06. The van der Waals surface area contributed by atoms with Gasteiger partial charge in [0, 0.05) is 5.33 Å². The van der Waals surface area contributed by atoms with Crippen molar-refractivity contribution in [1.29, 1.82) is 0 Å². The molecule has 0 amide bonds. The largest absolute Gasteiger partial charge is 0.390 e. The molecule has 4 nitrogen and oxygen atoms in total. The minimum Gasteiger partial charge on any atom is -0.390 e. The van der Waals surface area contributed by atoms with Gasteiger partial charge in [-0.3, -0.25) is 0 Å². The lowest BCUT2D eigenvalue weighted by atomic mass is 10.1. The summed E-state index contributed by atoms with van der Waals surface area (Å²) in [4.78, 5) is 0.933. The number of hydrogen-bond acceptors (Lipinski definition) is 5. The molecule has 2 heterocycles. The second kappa shape index (κ2) is 6.26. The van der Waals surface area contributed by atoms with Crippen molar-refractivity contribution in [3.63, 3.8) is 0 Å². The van der Waals surface area contributed by atoms with Crippen LogP contribution in [-0.4, -0.2) is 34.9 Å². The van der Waals surface area contributed by atoms with Crippen molar-refractivity contribution in [3.05, 3.63) is 21.9 Å². The van der Waals surface area contributed by atoms with Gasteiger partial charge >= 0.3 is 0 Å². The number of aliphatic hydroxyl groups excluding tert-OH is 2. The van der Waals surface area contributed by atoms with Crippen molar-refractivity contribution in [3.8, 4) is 0 Å². The van der Waals surface area contributed by atoms with Crippen LogP contribution in [0.1, 0.15) is 29.3 Å². The van der Waals surface area contributed by atoms with Crippen molar-refractivity contribution in [2.45, 2.75) is 24.9 Å². The molecule has 1 aromatic rings. The zero-order chi connectivity index (χ0) is 12.3. The Bertz CT molecular complexity index is 351. The maximum atomic E-state index is 9.93. The predicted octanol–water partition coefficient (Wildman–Crippen LogP) is 1.97. The van der Waals surface area contributed by atoms with E-state index in [4.69, 9.17) is 9.47 Å². The van der Waals surface area contributed by atoms with Gasteiger partial charge < -0.3 is 19.7 Å². The first kappa shape index (κ1) is 13.5. The normalized spacial score (nSPS) is 20.6. The van der Waals surface area contributed by atoms with E-state index in [2.05, 4.69) is 15.9 Å². The van der Waals surface area contributed by atoms with Crippen molar-refractivity contribution in [1.82, 2.24) is 0 Å². The van der Waals surface area contributed by atoms with Gasteiger partial charge in [0.05, 0.1) is 24.2 Å². The quantitative estimate of drug-likeness (QED) is 0.814. The van der Waals surface area contributed by atoms with Crippen LogP contribution in [0.3, 0.4) is 0 Å². The summed E-state index contributed by atoms with van der Waals surface area (Å²) >= 11 is 4.72. The highest BCUT2D eigenvalue weighted by Crippen LogP contribution is 2.32. The van der Waals surface area contributed by atoms with Gasteiger partial charge in [0.2, 0.25) is 0 Å². The first-order valence-corrected chi connectivity index (χ1v) is 7.46. The van der Waals surface area contributed by atoms with Crippen molar-refractivity contribution in [2.24, 2.45) is 0 Å². The number of halogens is 1. The summed E-state index contributed by atoms with van der Waals surface area (Å²) in [6.07, 6.45) is -1.39. The van der Waals surface area contributed by atoms with Crippen LogP contribution in [0.4, 0.5) is 0 Å². The van der Waals surface area contributed by atoms with Gasteiger partial charge in [-0.25, -0.2) is 0 Å². The third kappa shape index (κ3) is 3.27. The molecule has 96 valence electrons. The molecule has 0 aromatic carbocycles. The van der Waals surface area contributed by atoms with E-state index in [0.717, 1.165) is 10.4 Å². The smallest absolute Gasteiger partial charge is 0.193 e. The van der Waals surface area contributed by atoms with Gasteiger partial charge in [-0.1, -0.05) is 15.9 Å². The number of hydrogen-bond donors (Lipinski definition) is 2. The van der Waals surface area contributed by atoms with E-state index in [1.54, 1.807) is 0 Å². The summed E-state index contributed by atoms with van der Waals surface area (Å²) in [5.74, 6) is 0. The standard InChI is InChI=1S/C11H15BrO4S/c12-2-1-8(13)10(14)7-5-9(17-6-7)11-15-3-4-16-11/h5-6,8,10-11,13-14H,1-4H2. The molecule has 2 atom stereocenters. The lowest BCUT2D eigenvalue weighted by Gasteiger charge is -2.15. The monoisotopic (exact) mass is 322 g/mol. The van der Waals surface area contributed by atoms with E-state index >= 15 is 0 Å². The molecule has 0 bridgehead atoms. The minimum absolute atomic E-state index is 0.311. The van der Waals surface area contributed by atoms with Crippen molar-refractivity contribution in [2.75, 3.05) is 18.5 Å². The average molecular weight is 323 g/mol. The Morgan fingerprint density at radius 2 is 2.12 bits per heavy atom. The molecule has 2 unspecified atom stereocenters. The fourth-order valence-electron chi connectivity index (χ4n) is 1.66. The molecule has 6 heteroatoms. The second-order valence-electron chi connectivity index (χ2n) is 3.85. The summed E-state index contributed by atoms with van der Waals surface area (Å²) in [6, 6.07) is 1.84. The number of alkyl halides is 1. The SMILES string of the molecule is OC(CCBr)C(O)c1csc(C2OCCO2)c1. The van der Waals surface area contributed by atoms with Crippen LogP contribution < -0.4 is 0 Å². The second-order valence-corrected chi connectivity index (χ2v) is 5.58. The molecular weight excluding hydrogens is 308 g/mol. The average Bonchev–Trinajstić information content (AvgIpc) is 2.98. The van der Waals surface area contributed by atoms with Gasteiger partial charge in [-0.05, 0) is 23.4 Å². The molecule has 0 aliphatic carbocycles. The molecule has 0 spiro atoms. The van der Waals surface area contributed by atoms with Crippen LogP contribution in [0.5, 0.6) is 0 Å². The van der Waals surface area contributed by atoms with Crippen molar-refractivity contribution >= 4 is 27.3 Å². The first-order valence-electron chi connectivity index (χ1n) is 5.46. The van der Waals surface area contributed by atoms with Gasteiger partial charge in [0.25, 0.3) is 0 Å². The van der Waals surface area contributed by atoms with E-state index in [9.17, 15) is 10.2 Å². The Hall–Kier alpha value is 0.0200. The third-order valence-corrected chi connectivity index (χ3v) is 4.04. The fraction of sp³-hybridized carbons (Fsp3) is 0.636. The van der Waals surface area contributed by atoms with Crippen LogP contribution in [0.2, 0.25) is 0 Å². The summed E-state index contributed by atoms with van der Waals surface area (Å²) < 4.78 is 10.8. The molecule has 0 radical (unpaired) electrons. The Balaban J connectivity index is 2.01. The van der Waals surface area contributed by atoms with Crippen LogP contribution in [-0.2, 0) is 9.47 Å². The number of ether oxygens (including phenoxy) is 2. The topological polar surface area (TPSA) is 58.9 Å². The van der Waals surface area contributed by atoms with E-state index in [1.165, 1.54) is 11.3 Å². The van der Waals surface area contributed by atoms with Crippen LogP contribution in [0.15, 0.2) is 11.4 Å². The Labute approximate surface area is 112 Å². The molecule has 1 saturated heterocycles. The molecule has 1 aliphatic rings. The van der Waals surface area contributed by atoms with E-state index in [-0.39, 0.29) is 6.29 Å². The highest BCUT2D eigenvalue weighted by atomic mass is 79.9. The van der Waals surface area contributed by atoms with E-state index < -0.39 is 12.2 Å². The van der Waals surface area contributed by atoms with Gasteiger partial charge in [0.1, 0.15) is 6.10 Å². The minimum atomic E-state index is -0.848. The zero-order valence-electron chi connectivity index (χ0n) is 9.21. The van der Waals surface area contributed by atoms with Crippen molar-refractivity contribution < 1.29 is 19.7 Å². The number of aliphatic hydroxyl groups is 2. The summed E-state index contributed by atoms with van der Waals surface area (Å²) in [5, 5.41) is 22.1. The molecule has 2 rings (SSSR count). The number of thiophene rings is 1. The highest BCUT2D eigenvalue weighted by Gasteiger charge is 2.24. The Morgan fingerprint density at radius 1 is 1.41 bits per heavy atom. The summed E-state index contributed by atoms with van der Waals surface area (Å²) in [6.45, 7) is 1.21. The summed E-state index contributed by atoms with van der Waals surface area (Å²) in [5.41, 5.74) is 0.720. The maximum Gasteiger partial charge on any atom is 0.193 e. The van der Waals surface area contributed by atoms with Crippen LogP contribution in [0, 0.1) is 0 Å². The van der Waals surface area contributed by atoms with Gasteiger partial charge in [0.15, 0.2) is 6.29 Å². The summed E-state index contributed by atoms with van der Waals surface area (Å²) in [7, 11) is 0. The molecule has 1 aliphatic heterocycles.